The molecule has 33 heavy (non-hydrogen) atoms. The number of amides is 3. The number of benzene rings is 2. The van der Waals surface area contributed by atoms with Gasteiger partial charge in [-0.1, -0.05) is 6.08 Å². The first-order valence-corrected chi connectivity index (χ1v) is 11.7. The van der Waals surface area contributed by atoms with Crippen LogP contribution in [0.15, 0.2) is 54.0 Å². The average molecular weight is 582 g/mol. The van der Waals surface area contributed by atoms with Gasteiger partial charge in [0.1, 0.15) is 5.82 Å². The van der Waals surface area contributed by atoms with Crippen LogP contribution >= 0.6 is 34.4 Å². The number of nitrogens with zero attached hydrogens (tertiary/aromatic N) is 1. The normalized spacial score (nSPS) is 14.5. The Kier molecular flexibility index (Phi) is 8.50. The Bertz CT molecular complexity index is 1120. The lowest BCUT2D eigenvalue weighted by Crippen LogP contribution is -2.27. The lowest BCUT2D eigenvalue weighted by Gasteiger charge is -2.15. The predicted molar refractivity (Wildman–Crippen MR) is 134 cm³/mol. The largest absolute Gasteiger partial charge is 0.490 e. The van der Waals surface area contributed by atoms with Crippen LogP contribution < -0.4 is 14.8 Å². The number of hydrogen-bond acceptors (Lipinski definition) is 6. The third-order valence-electron chi connectivity index (χ3n) is 4.29. The Morgan fingerprint density at radius 1 is 1.24 bits per heavy atom. The van der Waals surface area contributed by atoms with Crippen LogP contribution in [-0.2, 0) is 9.59 Å². The molecule has 172 valence electrons. The monoisotopic (exact) mass is 582 g/mol. The van der Waals surface area contributed by atoms with Gasteiger partial charge < -0.3 is 14.8 Å². The number of hydrogen-bond donors (Lipinski definition) is 1. The van der Waals surface area contributed by atoms with Gasteiger partial charge in [-0.3, -0.25) is 19.3 Å². The summed E-state index contributed by atoms with van der Waals surface area (Å²) < 4.78 is 25.1. The molecule has 0 aromatic heterocycles. The van der Waals surface area contributed by atoms with Gasteiger partial charge in [0, 0.05) is 12.2 Å². The molecule has 1 aliphatic heterocycles. The highest BCUT2D eigenvalue weighted by molar-refractivity contribution is 14.1. The van der Waals surface area contributed by atoms with Crippen LogP contribution in [0.25, 0.3) is 6.08 Å². The van der Waals surface area contributed by atoms with E-state index >= 15 is 0 Å². The van der Waals surface area contributed by atoms with E-state index in [1.54, 1.807) is 18.2 Å². The Balaban J connectivity index is 1.76. The zero-order valence-electron chi connectivity index (χ0n) is 17.6. The number of imide groups is 1. The lowest BCUT2D eigenvalue weighted by molar-refractivity contribution is -0.122. The number of carbonyl (C=O) groups excluding carboxylic acids is 3. The van der Waals surface area contributed by atoms with E-state index in [9.17, 15) is 18.8 Å². The number of carbonyl (C=O) groups is 3. The molecular formula is C23H20FIN2O5S. The minimum atomic E-state index is -0.417. The van der Waals surface area contributed by atoms with Crippen molar-refractivity contribution in [1.29, 1.82) is 0 Å². The van der Waals surface area contributed by atoms with E-state index in [1.165, 1.54) is 30.3 Å². The van der Waals surface area contributed by atoms with Gasteiger partial charge in [-0.25, -0.2) is 4.39 Å². The molecule has 1 N–H and O–H groups in total. The second kappa shape index (κ2) is 11.3. The quantitative estimate of drug-likeness (QED) is 0.253. The summed E-state index contributed by atoms with van der Waals surface area (Å²) in [5, 5.41) is 2.28. The number of nitrogens with one attached hydrogen (secondary N) is 1. The van der Waals surface area contributed by atoms with E-state index in [0.29, 0.717) is 37.8 Å². The molecule has 2 aromatic carbocycles. The Morgan fingerprint density at radius 2 is 1.97 bits per heavy atom. The van der Waals surface area contributed by atoms with Crippen molar-refractivity contribution in [2.24, 2.45) is 0 Å². The zero-order valence-corrected chi connectivity index (χ0v) is 20.6. The smallest absolute Gasteiger partial charge is 0.293 e. The summed E-state index contributed by atoms with van der Waals surface area (Å²) in [5.74, 6) is -0.416. The fourth-order valence-corrected chi connectivity index (χ4v) is 4.51. The average Bonchev–Trinajstić information content (AvgIpc) is 3.02. The molecule has 0 unspecified atom stereocenters. The first-order valence-electron chi connectivity index (χ1n) is 9.83. The van der Waals surface area contributed by atoms with Crippen molar-refractivity contribution in [3.05, 3.63) is 68.9 Å². The summed E-state index contributed by atoms with van der Waals surface area (Å²) >= 11 is 2.91. The Morgan fingerprint density at radius 3 is 2.64 bits per heavy atom. The molecule has 0 radical (unpaired) electrons. The van der Waals surface area contributed by atoms with Crippen LogP contribution in [0.1, 0.15) is 12.5 Å². The Labute approximate surface area is 208 Å². The van der Waals surface area contributed by atoms with E-state index in [4.69, 9.17) is 9.47 Å². The highest BCUT2D eigenvalue weighted by atomic mass is 127. The topological polar surface area (TPSA) is 84.9 Å². The van der Waals surface area contributed by atoms with Gasteiger partial charge in [-0.15, -0.1) is 6.58 Å². The van der Waals surface area contributed by atoms with E-state index in [1.807, 2.05) is 29.5 Å². The van der Waals surface area contributed by atoms with E-state index in [0.717, 1.165) is 16.7 Å². The second-order valence-electron chi connectivity index (χ2n) is 6.69. The summed E-state index contributed by atoms with van der Waals surface area (Å²) in [6.45, 7) is 5.59. The van der Waals surface area contributed by atoms with Crippen LogP contribution in [-0.4, -0.2) is 41.7 Å². The molecule has 1 aliphatic rings. The van der Waals surface area contributed by atoms with Crippen LogP contribution in [0.2, 0.25) is 0 Å². The standard InChI is InChI=1S/C23H20FIN2O5S/c1-3-9-27-22(29)19(33-23(27)30)12-14-10-17(25)21(18(11-14)31-4-2)32-13-20(28)26-16-7-5-15(24)6-8-16/h3,5-8,10-12H,1,4,9,13H2,2H3,(H,26,28)/b19-12+. The molecule has 3 amide bonds. The maximum absolute atomic E-state index is 13.0. The van der Waals surface area contributed by atoms with Crippen LogP contribution in [0.4, 0.5) is 14.9 Å². The fraction of sp³-hybridized carbons (Fsp3) is 0.174. The first-order chi connectivity index (χ1) is 15.8. The van der Waals surface area contributed by atoms with Gasteiger partial charge in [-0.05, 0) is 89.3 Å². The van der Waals surface area contributed by atoms with E-state index < -0.39 is 11.7 Å². The van der Waals surface area contributed by atoms with Crippen molar-refractivity contribution >= 4 is 63.2 Å². The third kappa shape index (κ3) is 6.35. The summed E-state index contributed by atoms with van der Waals surface area (Å²) in [6, 6.07) is 8.84. The summed E-state index contributed by atoms with van der Waals surface area (Å²) in [5.41, 5.74) is 1.10. The lowest BCUT2D eigenvalue weighted by atomic mass is 10.2. The molecule has 1 saturated heterocycles. The molecule has 7 nitrogen and oxygen atoms in total. The predicted octanol–water partition coefficient (Wildman–Crippen LogP) is 5.07. The van der Waals surface area contributed by atoms with Gasteiger partial charge >= 0.3 is 0 Å². The van der Waals surface area contributed by atoms with Crippen LogP contribution in [0, 0.1) is 9.39 Å². The van der Waals surface area contributed by atoms with Gasteiger partial charge in [0.05, 0.1) is 15.1 Å². The van der Waals surface area contributed by atoms with Crippen LogP contribution in [0.5, 0.6) is 11.5 Å². The van der Waals surface area contributed by atoms with Gasteiger partial charge in [-0.2, -0.15) is 0 Å². The Hall–Kier alpha value is -2.86. The molecular weight excluding hydrogens is 562 g/mol. The van der Waals surface area contributed by atoms with Gasteiger partial charge in [0.25, 0.3) is 17.1 Å². The molecule has 0 aliphatic carbocycles. The van der Waals surface area contributed by atoms with Crippen molar-refractivity contribution in [1.82, 2.24) is 4.90 Å². The van der Waals surface area contributed by atoms with E-state index in [-0.39, 0.29) is 24.3 Å². The molecule has 0 atom stereocenters. The van der Waals surface area contributed by atoms with Crippen molar-refractivity contribution < 1.29 is 28.2 Å². The second-order valence-corrected chi connectivity index (χ2v) is 8.84. The number of anilines is 1. The molecule has 0 saturated carbocycles. The minimum Gasteiger partial charge on any atom is -0.490 e. The molecule has 2 aromatic rings. The number of rotatable bonds is 9. The number of thioether (sulfide) groups is 1. The zero-order chi connectivity index (χ0) is 24.0. The van der Waals surface area contributed by atoms with E-state index in [2.05, 4.69) is 11.9 Å². The van der Waals surface area contributed by atoms with Gasteiger partial charge in [0.15, 0.2) is 18.1 Å². The maximum atomic E-state index is 13.0. The molecule has 3 rings (SSSR count). The van der Waals surface area contributed by atoms with Gasteiger partial charge in [0.2, 0.25) is 0 Å². The number of halogens is 2. The number of ether oxygens (including phenoxy) is 2. The highest BCUT2D eigenvalue weighted by Gasteiger charge is 2.34. The SMILES string of the molecule is C=CCN1C(=O)S/C(=C/c2cc(I)c(OCC(=O)Nc3ccc(F)cc3)c(OCC)c2)C1=O. The summed E-state index contributed by atoms with van der Waals surface area (Å²) in [6.07, 6.45) is 3.11. The molecule has 1 heterocycles. The van der Waals surface area contributed by atoms with Crippen molar-refractivity contribution in [2.75, 3.05) is 25.1 Å². The minimum absolute atomic E-state index is 0.149. The molecule has 10 heteroatoms. The first kappa shape index (κ1) is 24.8. The fourth-order valence-electron chi connectivity index (χ4n) is 2.88. The molecule has 0 bridgehead atoms. The van der Waals surface area contributed by atoms with Crippen molar-refractivity contribution in [3.8, 4) is 11.5 Å². The highest BCUT2D eigenvalue weighted by Crippen LogP contribution is 2.37. The summed E-state index contributed by atoms with van der Waals surface area (Å²) in [4.78, 5) is 38.2. The third-order valence-corrected chi connectivity index (χ3v) is 6.00. The maximum Gasteiger partial charge on any atom is 0.293 e. The van der Waals surface area contributed by atoms with Crippen molar-refractivity contribution in [3.63, 3.8) is 0 Å². The van der Waals surface area contributed by atoms with Crippen molar-refractivity contribution in [2.45, 2.75) is 6.92 Å². The van der Waals surface area contributed by atoms with Crippen LogP contribution in [0.3, 0.4) is 0 Å². The molecule has 0 spiro atoms. The summed E-state index contributed by atoms with van der Waals surface area (Å²) in [7, 11) is 0. The molecule has 1 fully saturated rings.